The number of nitrogens with zero attached hydrogens (tertiary/aromatic N) is 1. The van der Waals surface area contributed by atoms with Crippen molar-refractivity contribution < 1.29 is 4.74 Å². The third-order valence-electron chi connectivity index (χ3n) is 3.57. The van der Waals surface area contributed by atoms with Gasteiger partial charge in [-0.2, -0.15) is 0 Å². The molecule has 0 radical (unpaired) electrons. The lowest BCUT2D eigenvalue weighted by atomic mass is 10.2. The van der Waals surface area contributed by atoms with Crippen LogP contribution in [0.4, 0.5) is 5.69 Å². The van der Waals surface area contributed by atoms with Crippen LogP contribution in [0.2, 0.25) is 0 Å². The first kappa shape index (κ1) is 13.4. The molecule has 100 valence electrons. The first-order chi connectivity index (χ1) is 8.66. The Morgan fingerprint density at radius 3 is 2.89 bits per heavy atom. The normalized spacial score (nSPS) is 21.2. The second kappa shape index (κ2) is 6.21. The minimum atomic E-state index is 0.292. The molecular weight excluding hydrogens is 224 g/mol. The van der Waals surface area contributed by atoms with Crippen molar-refractivity contribution in [1.82, 2.24) is 4.90 Å². The summed E-state index contributed by atoms with van der Waals surface area (Å²) >= 11 is 0. The number of anilines is 1. The second-order valence-electron chi connectivity index (χ2n) is 5.28. The van der Waals surface area contributed by atoms with Crippen molar-refractivity contribution in [2.45, 2.75) is 32.9 Å². The zero-order valence-electron chi connectivity index (χ0n) is 11.6. The highest BCUT2D eigenvalue weighted by atomic mass is 16.5. The van der Waals surface area contributed by atoms with Gasteiger partial charge in [0.15, 0.2) is 0 Å². The summed E-state index contributed by atoms with van der Waals surface area (Å²) in [6, 6.07) is 8.99. The second-order valence-corrected chi connectivity index (χ2v) is 5.28. The van der Waals surface area contributed by atoms with Gasteiger partial charge in [-0.05, 0) is 32.4 Å². The number of aryl methyl sites for hydroxylation is 1. The van der Waals surface area contributed by atoms with E-state index in [1.165, 1.54) is 11.3 Å². The summed E-state index contributed by atoms with van der Waals surface area (Å²) < 4.78 is 5.82. The van der Waals surface area contributed by atoms with E-state index in [1.807, 2.05) is 0 Å². The molecule has 1 heterocycles. The largest absolute Gasteiger partial charge is 0.382 e. The lowest BCUT2D eigenvalue weighted by molar-refractivity contribution is -0.0315. The third kappa shape index (κ3) is 3.47. The molecule has 2 rings (SSSR count). The first-order valence-corrected chi connectivity index (χ1v) is 6.82. The number of hydrogen-bond acceptors (Lipinski definition) is 3. The number of para-hydroxylation sites is 1. The molecule has 0 aliphatic carbocycles. The fourth-order valence-electron chi connectivity index (χ4n) is 2.33. The van der Waals surface area contributed by atoms with Gasteiger partial charge in [-0.15, -0.1) is 0 Å². The van der Waals surface area contributed by atoms with Crippen LogP contribution in [-0.4, -0.2) is 43.3 Å². The monoisotopic (exact) mass is 248 g/mol. The van der Waals surface area contributed by atoms with Gasteiger partial charge in [0.2, 0.25) is 0 Å². The van der Waals surface area contributed by atoms with Gasteiger partial charge in [-0.1, -0.05) is 18.2 Å². The maximum Gasteiger partial charge on any atom is 0.0874 e. The standard InChI is InChI=1S/C15H24N2O/c1-12(2)17-8-9-18-14(11-17)10-16-15-7-5-4-6-13(15)3/h4-7,12,14,16H,8-11H2,1-3H3. The molecule has 1 aliphatic heterocycles. The summed E-state index contributed by atoms with van der Waals surface area (Å²) in [6.07, 6.45) is 0.292. The van der Waals surface area contributed by atoms with Gasteiger partial charge in [-0.25, -0.2) is 0 Å². The van der Waals surface area contributed by atoms with E-state index in [9.17, 15) is 0 Å². The highest BCUT2D eigenvalue weighted by Gasteiger charge is 2.21. The SMILES string of the molecule is Cc1ccccc1NCC1CN(C(C)C)CCO1. The van der Waals surface area contributed by atoms with Crippen molar-refractivity contribution in [2.24, 2.45) is 0 Å². The number of morpholine rings is 1. The molecule has 0 amide bonds. The predicted molar refractivity (Wildman–Crippen MR) is 76.1 cm³/mol. The molecular formula is C15H24N2O. The van der Waals surface area contributed by atoms with Crippen LogP contribution in [0.3, 0.4) is 0 Å². The summed E-state index contributed by atoms with van der Waals surface area (Å²) in [4.78, 5) is 2.48. The van der Waals surface area contributed by atoms with Crippen molar-refractivity contribution >= 4 is 5.69 Å². The molecule has 1 atom stereocenters. The van der Waals surface area contributed by atoms with Crippen molar-refractivity contribution in [3.05, 3.63) is 29.8 Å². The summed E-state index contributed by atoms with van der Waals surface area (Å²) in [7, 11) is 0. The topological polar surface area (TPSA) is 24.5 Å². The van der Waals surface area contributed by atoms with Crippen LogP contribution >= 0.6 is 0 Å². The molecule has 1 aliphatic rings. The number of hydrogen-bond donors (Lipinski definition) is 1. The zero-order valence-corrected chi connectivity index (χ0v) is 11.6. The highest BCUT2D eigenvalue weighted by molar-refractivity contribution is 5.50. The molecule has 18 heavy (non-hydrogen) atoms. The number of ether oxygens (including phenoxy) is 1. The maximum absolute atomic E-state index is 5.82. The van der Waals surface area contributed by atoms with E-state index < -0.39 is 0 Å². The van der Waals surface area contributed by atoms with E-state index in [2.05, 4.69) is 55.3 Å². The van der Waals surface area contributed by atoms with Gasteiger partial charge in [0, 0.05) is 31.4 Å². The van der Waals surface area contributed by atoms with Gasteiger partial charge < -0.3 is 10.1 Å². The Balaban J connectivity index is 1.85. The average molecular weight is 248 g/mol. The Morgan fingerprint density at radius 2 is 2.17 bits per heavy atom. The summed E-state index contributed by atoms with van der Waals surface area (Å²) in [5, 5.41) is 3.49. The fourth-order valence-corrected chi connectivity index (χ4v) is 2.33. The molecule has 1 unspecified atom stereocenters. The quantitative estimate of drug-likeness (QED) is 0.886. The smallest absolute Gasteiger partial charge is 0.0874 e. The number of nitrogens with one attached hydrogen (secondary N) is 1. The lowest BCUT2D eigenvalue weighted by Crippen LogP contribution is -2.48. The van der Waals surface area contributed by atoms with Crippen molar-refractivity contribution in [3.8, 4) is 0 Å². The van der Waals surface area contributed by atoms with Gasteiger partial charge >= 0.3 is 0 Å². The molecule has 1 N–H and O–H groups in total. The average Bonchev–Trinajstić information content (AvgIpc) is 2.38. The predicted octanol–water partition coefficient (Wildman–Crippen LogP) is 2.52. The Kier molecular flexibility index (Phi) is 4.61. The molecule has 1 fully saturated rings. The van der Waals surface area contributed by atoms with Crippen LogP contribution in [0.15, 0.2) is 24.3 Å². The van der Waals surface area contributed by atoms with Gasteiger partial charge in [-0.3, -0.25) is 4.90 Å². The Hall–Kier alpha value is -1.06. The van der Waals surface area contributed by atoms with E-state index >= 15 is 0 Å². The van der Waals surface area contributed by atoms with E-state index in [-0.39, 0.29) is 0 Å². The molecule has 3 heteroatoms. The highest BCUT2D eigenvalue weighted by Crippen LogP contribution is 2.14. The van der Waals surface area contributed by atoms with Crippen LogP contribution in [0.1, 0.15) is 19.4 Å². The molecule has 3 nitrogen and oxygen atoms in total. The van der Waals surface area contributed by atoms with E-state index in [0.29, 0.717) is 12.1 Å². The summed E-state index contributed by atoms with van der Waals surface area (Å²) in [5.74, 6) is 0. The minimum absolute atomic E-state index is 0.292. The van der Waals surface area contributed by atoms with Crippen LogP contribution in [0.25, 0.3) is 0 Å². The molecule has 0 spiro atoms. The van der Waals surface area contributed by atoms with Crippen molar-refractivity contribution in [2.75, 3.05) is 31.6 Å². The molecule has 1 saturated heterocycles. The molecule has 0 saturated carbocycles. The van der Waals surface area contributed by atoms with Crippen molar-refractivity contribution in [1.29, 1.82) is 0 Å². The Morgan fingerprint density at radius 1 is 1.39 bits per heavy atom. The van der Waals surface area contributed by atoms with E-state index in [1.54, 1.807) is 0 Å². The van der Waals surface area contributed by atoms with Gasteiger partial charge in [0.25, 0.3) is 0 Å². The Bertz CT molecular complexity index is 379. The van der Waals surface area contributed by atoms with Gasteiger partial charge in [0.1, 0.15) is 0 Å². The zero-order chi connectivity index (χ0) is 13.0. The first-order valence-electron chi connectivity index (χ1n) is 6.82. The molecule has 1 aromatic carbocycles. The van der Waals surface area contributed by atoms with Gasteiger partial charge in [0.05, 0.1) is 12.7 Å². The summed E-state index contributed by atoms with van der Waals surface area (Å²) in [5.41, 5.74) is 2.50. The van der Waals surface area contributed by atoms with Crippen LogP contribution in [0.5, 0.6) is 0 Å². The lowest BCUT2D eigenvalue weighted by Gasteiger charge is -2.35. The maximum atomic E-state index is 5.82. The Labute approximate surface area is 110 Å². The summed E-state index contributed by atoms with van der Waals surface area (Å²) in [6.45, 7) is 10.4. The minimum Gasteiger partial charge on any atom is -0.382 e. The van der Waals surface area contributed by atoms with Crippen LogP contribution in [0, 0.1) is 6.92 Å². The fraction of sp³-hybridized carbons (Fsp3) is 0.600. The van der Waals surface area contributed by atoms with E-state index in [4.69, 9.17) is 4.74 Å². The van der Waals surface area contributed by atoms with Crippen molar-refractivity contribution in [3.63, 3.8) is 0 Å². The van der Waals surface area contributed by atoms with Crippen LogP contribution < -0.4 is 5.32 Å². The molecule has 0 bridgehead atoms. The molecule has 0 aromatic heterocycles. The third-order valence-corrected chi connectivity index (χ3v) is 3.57. The van der Waals surface area contributed by atoms with Crippen LogP contribution in [-0.2, 0) is 4.74 Å². The number of rotatable bonds is 4. The molecule has 1 aromatic rings. The van der Waals surface area contributed by atoms with E-state index in [0.717, 1.165) is 26.2 Å². The number of benzene rings is 1.